The number of rotatable bonds is 9. The van der Waals surface area contributed by atoms with Crippen molar-refractivity contribution in [2.45, 2.75) is 26.2 Å². The van der Waals surface area contributed by atoms with Crippen LogP contribution in [0.4, 0.5) is 10.9 Å². The van der Waals surface area contributed by atoms with Crippen molar-refractivity contribution in [1.29, 1.82) is 0 Å². The lowest BCUT2D eigenvalue weighted by Gasteiger charge is -2.15. The van der Waals surface area contributed by atoms with E-state index in [0.717, 1.165) is 53.7 Å². The van der Waals surface area contributed by atoms with Gasteiger partial charge in [-0.15, -0.1) is 11.3 Å². The van der Waals surface area contributed by atoms with Crippen LogP contribution in [0.25, 0.3) is 0 Å². The smallest absolute Gasteiger partial charge is 0.188 e. The van der Waals surface area contributed by atoms with Crippen LogP contribution in [-0.2, 0) is 6.42 Å². The van der Waals surface area contributed by atoms with Gasteiger partial charge in [-0.3, -0.25) is 0 Å². The van der Waals surface area contributed by atoms with Crippen molar-refractivity contribution in [1.82, 2.24) is 14.9 Å². The van der Waals surface area contributed by atoms with Crippen LogP contribution in [0.2, 0.25) is 0 Å². The van der Waals surface area contributed by atoms with Crippen molar-refractivity contribution >= 4 is 22.3 Å². The Morgan fingerprint density at radius 1 is 1.11 bits per heavy atom. The zero-order valence-corrected chi connectivity index (χ0v) is 16.9. The van der Waals surface area contributed by atoms with E-state index in [1.165, 1.54) is 0 Å². The first-order chi connectivity index (χ1) is 13.1. The third kappa shape index (κ3) is 5.77. The second-order valence-electron chi connectivity index (χ2n) is 6.74. The maximum Gasteiger partial charge on any atom is 0.188 e. The fourth-order valence-corrected chi connectivity index (χ4v) is 3.44. The van der Waals surface area contributed by atoms with Crippen LogP contribution in [0.5, 0.6) is 11.5 Å². The number of hydrogen-bond acceptors (Lipinski definition) is 6. The van der Waals surface area contributed by atoms with E-state index in [2.05, 4.69) is 34.3 Å². The third-order valence-electron chi connectivity index (χ3n) is 4.09. The Bertz CT molecular complexity index is 848. The Kier molecular flexibility index (Phi) is 6.79. The highest BCUT2D eigenvalue weighted by atomic mass is 32.1. The topological polar surface area (TPSA) is 50.3 Å². The van der Waals surface area contributed by atoms with Crippen LogP contribution in [-0.4, -0.2) is 35.5 Å². The molecule has 2 aromatic heterocycles. The molecule has 0 aliphatic rings. The number of nitrogens with one attached hydrogen (secondary N) is 1. The summed E-state index contributed by atoms with van der Waals surface area (Å²) in [7, 11) is 4.21. The van der Waals surface area contributed by atoms with Crippen LogP contribution >= 0.6 is 11.3 Å². The predicted molar refractivity (Wildman–Crippen MR) is 112 cm³/mol. The van der Waals surface area contributed by atoms with E-state index in [4.69, 9.17) is 4.74 Å². The lowest BCUT2D eigenvalue weighted by molar-refractivity contribution is 0.393. The predicted octanol–water partition coefficient (Wildman–Crippen LogP) is 5.27. The largest absolute Gasteiger partial charge is 0.453 e. The molecule has 1 aromatic carbocycles. The van der Waals surface area contributed by atoms with Crippen molar-refractivity contribution in [3.8, 4) is 11.5 Å². The average molecular weight is 383 g/mol. The molecule has 0 amide bonds. The summed E-state index contributed by atoms with van der Waals surface area (Å²) >= 11 is 1.57. The molecule has 5 nitrogen and oxygen atoms in total. The van der Waals surface area contributed by atoms with E-state index < -0.39 is 0 Å². The van der Waals surface area contributed by atoms with E-state index in [-0.39, 0.29) is 0 Å². The fraction of sp³-hybridized carbons (Fsp3) is 0.333. The lowest BCUT2D eigenvalue weighted by Crippen LogP contribution is -2.13. The molecule has 142 valence electrons. The van der Waals surface area contributed by atoms with Crippen LogP contribution in [0.15, 0.2) is 48.0 Å². The maximum absolute atomic E-state index is 6.24. The van der Waals surface area contributed by atoms with Crippen LogP contribution < -0.4 is 10.1 Å². The highest BCUT2D eigenvalue weighted by molar-refractivity contribution is 7.13. The van der Waals surface area contributed by atoms with Gasteiger partial charge in [0.05, 0.1) is 5.69 Å². The normalized spacial score (nSPS) is 11.0. The van der Waals surface area contributed by atoms with Crippen LogP contribution in [0.3, 0.4) is 0 Å². The van der Waals surface area contributed by atoms with Gasteiger partial charge in [-0.25, -0.2) is 9.97 Å². The van der Waals surface area contributed by atoms with Gasteiger partial charge < -0.3 is 15.0 Å². The Labute approximate surface area is 165 Å². The molecule has 0 bridgehead atoms. The Hall–Kier alpha value is -2.44. The number of hydrogen-bond donors (Lipinski definition) is 1. The van der Waals surface area contributed by atoms with Crippen molar-refractivity contribution in [2.24, 2.45) is 0 Å². The van der Waals surface area contributed by atoms with Gasteiger partial charge in [-0.05, 0) is 65.0 Å². The first-order valence-corrected chi connectivity index (χ1v) is 10.0. The van der Waals surface area contributed by atoms with E-state index in [1.807, 2.05) is 54.9 Å². The monoisotopic (exact) mass is 382 g/mol. The molecule has 1 N–H and O–H groups in total. The molecule has 0 saturated heterocycles. The lowest BCUT2D eigenvalue weighted by atomic mass is 10.1. The molecule has 0 aliphatic carbocycles. The molecule has 0 radical (unpaired) electrons. The third-order valence-corrected chi connectivity index (χ3v) is 4.97. The van der Waals surface area contributed by atoms with Gasteiger partial charge in [0.15, 0.2) is 16.7 Å². The van der Waals surface area contributed by atoms with Crippen LogP contribution in [0.1, 0.15) is 24.1 Å². The van der Waals surface area contributed by atoms with Gasteiger partial charge in [-0.1, -0.05) is 18.2 Å². The van der Waals surface area contributed by atoms with E-state index >= 15 is 0 Å². The van der Waals surface area contributed by atoms with Crippen molar-refractivity contribution in [2.75, 3.05) is 26.0 Å². The summed E-state index contributed by atoms with van der Waals surface area (Å²) in [6.07, 6.45) is 5.03. The number of anilines is 2. The van der Waals surface area contributed by atoms with Gasteiger partial charge in [0.25, 0.3) is 0 Å². The molecule has 0 atom stereocenters. The number of benzene rings is 1. The summed E-state index contributed by atoms with van der Waals surface area (Å²) in [5, 5.41) is 6.17. The summed E-state index contributed by atoms with van der Waals surface area (Å²) in [5.41, 5.74) is 2.15. The number of aromatic nitrogens is 2. The molecule has 2 heterocycles. The zero-order valence-electron chi connectivity index (χ0n) is 16.1. The molecule has 0 saturated carbocycles. The number of ether oxygens (including phenoxy) is 1. The standard InChI is InChI=1S/C21H26N4OS/c1-16-15-27-21(23-16)24-20-19(26-18-10-5-4-6-11-18)17(12-13-22-20)9-7-8-14-25(2)3/h4-6,10-13,15H,7-9,14H2,1-3H3,(H,22,23,24). The van der Waals surface area contributed by atoms with Crippen molar-refractivity contribution < 1.29 is 4.74 Å². The SMILES string of the molecule is Cc1csc(Nc2nccc(CCCCN(C)C)c2Oc2ccccc2)n1. The molecule has 27 heavy (non-hydrogen) atoms. The number of para-hydroxylation sites is 1. The highest BCUT2D eigenvalue weighted by Gasteiger charge is 2.14. The molecule has 3 rings (SSSR count). The minimum absolute atomic E-state index is 0.707. The number of aryl methyl sites for hydroxylation is 2. The number of nitrogens with zero attached hydrogens (tertiary/aromatic N) is 3. The van der Waals surface area contributed by atoms with Gasteiger partial charge >= 0.3 is 0 Å². The minimum Gasteiger partial charge on any atom is -0.453 e. The van der Waals surface area contributed by atoms with E-state index in [9.17, 15) is 0 Å². The summed E-state index contributed by atoms with van der Waals surface area (Å²) < 4.78 is 6.24. The van der Waals surface area contributed by atoms with Crippen molar-refractivity contribution in [3.05, 3.63) is 59.2 Å². The minimum atomic E-state index is 0.707. The first-order valence-electron chi connectivity index (χ1n) is 9.16. The molecule has 0 fully saturated rings. The van der Waals surface area contributed by atoms with Gasteiger partial charge in [-0.2, -0.15) is 0 Å². The highest BCUT2D eigenvalue weighted by Crippen LogP contribution is 2.35. The zero-order chi connectivity index (χ0) is 19.1. The summed E-state index contributed by atoms with van der Waals surface area (Å²) in [6, 6.07) is 11.9. The second-order valence-corrected chi connectivity index (χ2v) is 7.60. The Morgan fingerprint density at radius 2 is 1.93 bits per heavy atom. The van der Waals surface area contributed by atoms with Gasteiger partial charge in [0.1, 0.15) is 5.75 Å². The van der Waals surface area contributed by atoms with Gasteiger partial charge in [0, 0.05) is 17.1 Å². The number of unbranched alkanes of at least 4 members (excludes halogenated alkanes) is 1. The molecule has 0 unspecified atom stereocenters. The fourth-order valence-electron chi connectivity index (χ4n) is 2.75. The van der Waals surface area contributed by atoms with Crippen molar-refractivity contribution in [3.63, 3.8) is 0 Å². The molecule has 3 aromatic rings. The molecular formula is C21H26N4OS. The average Bonchev–Trinajstić information content (AvgIpc) is 3.06. The Morgan fingerprint density at radius 3 is 2.63 bits per heavy atom. The van der Waals surface area contributed by atoms with E-state index in [0.29, 0.717) is 5.82 Å². The first kappa shape index (κ1) is 19.3. The quantitative estimate of drug-likeness (QED) is 0.511. The number of pyridine rings is 1. The second kappa shape index (κ2) is 9.48. The van der Waals surface area contributed by atoms with Gasteiger partial charge in [0.2, 0.25) is 0 Å². The van der Waals surface area contributed by atoms with E-state index in [1.54, 1.807) is 11.3 Å². The molecule has 6 heteroatoms. The molecular weight excluding hydrogens is 356 g/mol. The Balaban J connectivity index is 1.83. The maximum atomic E-state index is 6.24. The van der Waals surface area contributed by atoms with Crippen LogP contribution in [0, 0.1) is 6.92 Å². The summed E-state index contributed by atoms with van der Waals surface area (Å²) in [6.45, 7) is 3.07. The summed E-state index contributed by atoms with van der Waals surface area (Å²) in [4.78, 5) is 11.2. The summed E-state index contributed by atoms with van der Waals surface area (Å²) in [5.74, 6) is 2.29. The molecule has 0 spiro atoms. The number of thiazole rings is 1. The molecule has 0 aliphatic heterocycles.